The van der Waals surface area contributed by atoms with Gasteiger partial charge in [-0.15, -0.1) is 0 Å². The van der Waals surface area contributed by atoms with Crippen molar-refractivity contribution in [3.63, 3.8) is 0 Å². The summed E-state index contributed by atoms with van der Waals surface area (Å²) in [7, 11) is 0. The highest BCUT2D eigenvalue weighted by molar-refractivity contribution is 6.36. The van der Waals surface area contributed by atoms with Crippen LogP contribution < -0.4 is 5.32 Å². The first-order valence-electron chi connectivity index (χ1n) is 9.51. The topological polar surface area (TPSA) is 57.8 Å². The van der Waals surface area contributed by atoms with E-state index in [2.05, 4.69) is 28.9 Å². The van der Waals surface area contributed by atoms with Gasteiger partial charge in [0.2, 0.25) is 0 Å². The number of aryl methyl sites for hydroxylation is 2. The van der Waals surface area contributed by atoms with Gasteiger partial charge in [0.15, 0.2) is 0 Å². The molecule has 3 aromatic rings. The number of halogens is 2. The van der Waals surface area contributed by atoms with Gasteiger partial charge in [-0.25, -0.2) is 0 Å². The summed E-state index contributed by atoms with van der Waals surface area (Å²) in [5, 5.41) is 13.0. The van der Waals surface area contributed by atoms with Crippen LogP contribution in [0.3, 0.4) is 0 Å². The van der Waals surface area contributed by atoms with Crippen LogP contribution in [0, 0.1) is 25.2 Å². The maximum Gasteiger partial charge on any atom is 0.266 e. The van der Waals surface area contributed by atoms with E-state index in [-0.39, 0.29) is 5.57 Å². The fraction of sp³-hybridized carbons (Fsp3) is 0.167. The first-order chi connectivity index (χ1) is 14.3. The van der Waals surface area contributed by atoms with E-state index in [1.807, 2.05) is 38.1 Å². The largest absolute Gasteiger partial charge is 0.320 e. The Balaban J connectivity index is 1.97. The van der Waals surface area contributed by atoms with Gasteiger partial charge in [0.1, 0.15) is 11.6 Å². The van der Waals surface area contributed by atoms with E-state index in [1.54, 1.807) is 18.2 Å². The Morgan fingerprint density at radius 2 is 1.90 bits per heavy atom. The van der Waals surface area contributed by atoms with Gasteiger partial charge in [-0.3, -0.25) is 4.79 Å². The van der Waals surface area contributed by atoms with Gasteiger partial charge in [0.25, 0.3) is 5.91 Å². The number of nitriles is 1. The van der Waals surface area contributed by atoms with Gasteiger partial charge in [0.05, 0.1) is 10.7 Å². The van der Waals surface area contributed by atoms with E-state index in [4.69, 9.17) is 23.2 Å². The molecule has 1 heterocycles. The minimum Gasteiger partial charge on any atom is -0.320 e. The number of amides is 1. The predicted molar refractivity (Wildman–Crippen MR) is 123 cm³/mol. The molecule has 0 saturated heterocycles. The zero-order chi connectivity index (χ0) is 21.8. The van der Waals surface area contributed by atoms with Crippen molar-refractivity contribution in [1.82, 2.24) is 4.57 Å². The lowest BCUT2D eigenvalue weighted by Gasteiger charge is -2.14. The third kappa shape index (κ3) is 4.43. The van der Waals surface area contributed by atoms with Crippen LogP contribution in [0.2, 0.25) is 10.0 Å². The van der Waals surface area contributed by atoms with Crippen LogP contribution in [0.25, 0.3) is 11.8 Å². The van der Waals surface area contributed by atoms with Crippen molar-refractivity contribution in [2.45, 2.75) is 27.2 Å². The first kappa shape index (κ1) is 21.7. The second kappa shape index (κ2) is 9.21. The standard InChI is InChI=1S/C24H21Cl2N3O/c1-4-17-7-5-6-8-23(17)29-15(2)11-18(16(29)3)12-19(14-27)24(30)28-22-10-9-20(25)13-21(22)26/h5-13H,4H2,1-3H3,(H,28,30)/b19-12-. The van der Waals surface area contributed by atoms with E-state index >= 15 is 0 Å². The number of aromatic nitrogens is 1. The summed E-state index contributed by atoms with van der Waals surface area (Å²) in [6.07, 6.45) is 2.51. The number of nitrogens with one attached hydrogen (secondary N) is 1. The Morgan fingerprint density at radius 3 is 2.57 bits per heavy atom. The molecule has 30 heavy (non-hydrogen) atoms. The Labute approximate surface area is 186 Å². The van der Waals surface area contributed by atoms with Crippen molar-refractivity contribution in [2.24, 2.45) is 0 Å². The number of para-hydroxylation sites is 1. The summed E-state index contributed by atoms with van der Waals surface area (Å²) >= 11 is 12.0. The SMILES string of the molecule is CCc1ccccc1-n1c(C)cc(/C=C(/C#N)C(=O)Nc2ccc(Cl)cc2Cl)c1C. The smallest absolute Gasteiger partial charge is 0.266 e. The molecule has 0 aliphatic rings. The lowest BCUT2D eigenvalue weighted by atomic mass is 10.1. The number of rotatable bonds is 5. The van der Waals surface area contributed by atoms with Crippen LogP contribution in [-0.4, -0.2) is 10.5 Å². The molecule has 152 valence electrons. The van der Waals surface area contributed by atoms with E-state index in [0.717, 1.165) is 29.1 Å². The fourth-order valence-electron chi connectivity index (χ4n) is 3.42. The van der Waals surface area contributed by atoms with Crippen LogP contribution in [-0.2, 0) is 11.2 Å². The molecule has 4 nitrogen and oxygen atoms in total. The quantitative estimate of drug-likeness (QED) is 0.365. The third-order valence-electron chi connectivity index (χ3n) is 4.93. The van der Waals surface area contributed by atoms with Gasteiger partial charge in [-0.05, 0) is 67.8 Å². The minimum atomic E-state index is -0.527. The molecule has 1 amide bonds. The van der Waals surface area contributed by atoms with Crippen molar-refractivity contribution >= 4 is 40.9 Å². The maximum absolute atomic E-state index is 12.7. The van der Waals surface area contributed by atoms with E-state index in [0.29, 0.717) is 15.7 Å². The van der Waals surface area contributed by atoms with Crippen molar-refractivity contribution in [3.05, 3.63) is 86.7 Å². The van der Waals surface area contributed by atoms with Crippen LogP contribution in [0.1, 0.15) is 29.4 Å². The van der Waals surface area contributed by atoms with Gasteiger partial charge >= 0.3 is 0 Å². The van der Waals surface area contributed by atoms with Crippen LogP contribution in [0.15, 0.2) is 54.1 Å². The monoisotopic (exact) mass is 437 g/mol. The van der Waals surface area contributed by atoms with E-state index in [9.17, 15) is 10.1 Å². The molecule has 6 heteroatoms. The van der Waals surface area contributed by atoms with Crippen molar-refractivity contribution in [2.75, 3.05) is 5.32 Å². The first-order valence-corrected chi connectivity index (χ1v) is 10.3. The Kier molecular flexibility index (Phi) is 6.66. The average molecular weight is 438 g/mol. The number of hydrogen-bond acceptors (Lipinski definition) is 2. The molecule has 0 fully saturated rings. The molecule has 0 aliphatic carbocycles. The number of anilines is 1. The molecule has 1 N–H and O–H groups in total. The highest BCUT2D eigenvalue weighted by Crippen LogP contribution is 2.27. The van der Waals surface area contributed by atoms with E-state index in [1.165, 1.54) is 11.6 Å². The normalized spacial score (nSPS) is 11.3. The van der Waals surface area contributed by atoms with Crippen LogP contribution in [0.4, 0.5) is 5.69 Å². The molecule has 0 spiro atoms. The number of nitrogens with zero attached hydrogens (tertiary/aromatic N) is 2. The Bertz CT molecular complexity index is 1190. The van der Waals surface area contributed by atoms with Gasteiger partial charge < -0.3 is 9.88 Å². The molecule has 3 rings (SSSR count). The average Bonchev–Trinajstić information content (AvgIpc) is 3.00. The van der Waals surface area contributed by atoms with Crippen LogP contribution in [0.5, 0.6) is 0 Å². The minimum absolute atomic E-state index is 0.00922. The molecular weight excluding hydrogens is 417 g/mol. The predicted octanol–water partition coefficient (Wildman–Crippen LogP) is 6.51. The molecular formula is C24H21Cl2N3O. The molecule has 0 radical (unpaired) electrons. The zero-order valence-electron chi connectivity index (χ0n) is 17.0. The molecule has 0 bridgehead atoms. The fourth-order valence-corrected chi connectivity index (χ4v) is 3.87. The lowest BCUT2D eigenvalue weighted by molar-refractivity contribution is -0.112. The Hall–Kier alpha value is -3.00. The summed E-state index contributed by atoms with van der Waals surface area (Å²) in [6, 6.07) is 16.9. The molecule has 0 unspecified atom stereocenters. The summed E-state index contributed by atoms with van der Waals surface area (Å²) in [4.78, 5) is 12.7. The molecule has 0 aliphatic heterocycles. The zero-order valence-corrected chi connectivity index (χ0v) is 18.5. The number of carbonyl (C=O) groups excluding carboxylic acids is 1. The van der Waals surface area contributed by atoms with Crippen molar-refractivity contribution in [3.8, 4) is 11.8 Å². The molecule has 0 atom stereocenters. The second-order valence-electron chi connectivity index (χ2n) is 6.89. The number of benzene rings is 2. The summed E-state index contributed by atoms with van der Waals surface area (Å²) in [5.74, 6) is -0.527. The summed E-state index contributed by atoms with van der Waals surface area (Å²) in [6.45, 7) is 6.11. The summed E-state index contributed by atoms with van der Waals surface area (Å²) in [5.41, 5.74) is 5.51. The summed E-state index contributed by atoms with van der Waals surface area (Å²) < 4.78 is 2.15. The van der Waals surface area contributed by atoms with Gasteiger partial charge in [0, 0.05) is 22.1 Å². The second-order valence-corrected chi connectivity index (χ2v) is 7.74. The van der Waals surface area contributed by atoms with Gasteiger partial charge in [-0.2, -0.15) is 5.26 Å². The van der Waals surface area contributed by atoms with Gasteiger partial charge in [-0.1, -0.05) is 48.3 Å². The van der Waals surface area contributed by atoms with E-state index < -0.39 is 5.91 Å². The molecule has 0 saturated carbocycles. The molecule has 1 aromatic heterocycles. The Morgan fingerprint density at radius 1 is 1.17 bits per heavy atom. The molecule has 2 aromatic carbocycles. The number of carbonyl (C=O) groups is 1. The van der Waals surface area contributed by atoms with Crippen molar-refractivity contribution in [1.29, 1.82) is 5.26 Å². The highest BCUT2D eigenvalue weighted by Gasteiger charge is 2.16. The lowest BCUT2D eigenvalue weighted by Crippen LogP contribution is -2.13. The van der Waals surface area contributed by atoms with Crippen molar-refractivity contribution < 1.29 is 4.79 Å². The maximum atomic E-state index is 12.7. The number of hydrogen-bond donors (Lipinski definition) is 1. The highest BCUT2D eigenvalue weighted by atomic mass is 35.5. The van der Waals surface area contributed by atoms with Crippen LogP contribution >= 0.6 is 23.2 Å². The third-order valence-corrected chi connectivity index (χ3v) is 5.48.